The molecule has 1 N–H and O–H groups in total. The molecule has 0 aliphatic rings. The highest BCUT2D eigenvalue weighted by molar-refractivity contribution is 7.14. The van der Waals surface area contributed by atoms with E-state index in [1.165, 1.54) is 11.3 Å². The van der Waals surface area contributed by atoms with Gasteiger partial charge < -0.3 is 14.8 Å². The third-order valence-electron chi connectivity index (χ3n) is 2.74. The smallest absolute Gasteiger partial charge is 0.344 e. The average molecular weight is 341 g/mol. The van der Waals surface area contributed by atoms with Gasteiger partial charge in [0.1, 0.15) is 16.8 Å². The Morgan fingerprint density at radius 3 is 2.50 bits per heavy atom. The molecule has 1 heterocycles. The first-order valence-corrected chi connectivity index (χ1v) is 7.56. The van der Waals surface area contributed by atoms with E-state index in [4.69, 9.17) is 20.0 Å². The SMILES string of the molecule is N#Cc1ccc(OCC(=O)OCC(=O)Nc2sccc2C#N)cc1. The fraction of sp³-hybridized carbons (Fsp3) is 0.125. The van der Waals surface area contributed by atoms with E-state index >= 15 is 0 Å². The van der Waals surface area contributed by atoms with Gasteiger partial charge in [0, 0.05) is 0 Å². The molecule has 1 aromatic carbocycles. The Morgan fingerprint density at radius 2 is 1.83 bits per heavy atom. The van der Waals surface area contributed by atoms with Crippen molar-refractivity contribution < 1.29 is 19.1 Å². The summed E-state index contributed by atoms with van der Waals surface area (Å²) in [4.78, 5) is 23.2. The molecule has 2 aromatic rings. The van der Waals surface area contributed by atoms with Crippen LogP contribution in [0.2, 0.25) is 0 Å². The molecule has 0 unspecified atom stereocenters. The molecule has 0 saturated carbocycles. The van der Waals surface area contributed by atoms with Crippen LogP contribution in [-0.4, -0.2) is 25.1 Å². The molecular formula is C16H11N3O4S. The predicted molar refractivity (Wildman–Crippen MR) is 85.3 cm³/mol. The van der Waals surface area contributed by atoms with Gasteiger partial charge in [-0.2, -0.15) is 10.5 Å². The van der Waals surface area contributed by atoms with Crippen molar-refractivity contribution in [2.45, 2.75) is 0 Å². The maximum atomic E-state index is 11.7. The van der Waals surface area contributed by atoms with Gasteiger partial charge in [-0.1, -0.05) is 0 Å². The molecule has 0 aliphatic carbocycles. The lowest BCUT2D eigenvalue weighted by Gasteiger charge is -2.07. The molecule has 0 bridgehead atoms. The van der Waals surface area contributed by atoms with Crippen molar-refractivity contribution in [3.05, 3.63) is 46.8 Å². The van der Waals surface area contributed by atoms with E-state index in [9.17, 15) is 9.59 Å². The molecule has 24 heavy (non-hydrogen) atoms. The number of rotatable bonds is 6. The Balaban J connectivity index is 1.73. The third-order valence-corrected chi connectivity index (χ3v) is 3.57. The molecule has 0 fully saturated rings. The second-order valence-electron chi connectivity index (χ2n) is 4.41. The van der Waals surface area contributed by atoms with Crippen LogP contribution in [0.15, 0.2) is 35.7 Å². The monoisotopic (exact) mass is 341 g/mol. The van der Waals surface area contributed by atoms with E-state index in [1.54, 1.807) is 35.7 Å². The molecule has 0 spiro atoms. The van der Waals surface area contributed by atoms with E-state index in [1.807, 2.05) is 12.1 Å². The van der Waals surface area contributed by atoms with Crippen molar-refractivity contribution in [3.8, 4) is 17.9 Å². The Kier molecular flexibility index (Phi) is 5.89. The minimum Gasteiger partial charge on any atom is -0.482 e. The lowest BCUT2D eigenvalue weighted by Crippen LogP contribution is -2.23. The van der Waals surface area contributed by atoms with Gasteiger partial charge in [-0.25, -0.2) is 4.79 Å². The van der Waals surface area contributed by atoms with E-state index in [2.05, 4.69) is 5.32 Å². The van der Waals surface area contributed by atoms with Crippen LogP contribution in [0.4, 0.5) is 5.00 Å². The normalized spacial score (nSPS) is 9.42. The van der Waals surface area contributed by atoms with Crippen LogP contribution in [0.25, 0.3) is 0 Å². The van der Waals surface area contributed by atoms with Gasteiger partial charge in [0.15, 0.2) is 13.2 Å². The number of nitriles is 2. The summed E-state index contributed by atoms with van der Waals surface area (Å²) in [6.45, 7) is -0.833. The van der Waals surface area contributed by atoms with Gasteiger partial charge in [0.05, 0.1) is 17.2 Å². The quantitative estimate of drug-likeness (QED) is 0.805. The number of ether oxygens (including phenoxy) is 2. The van der Waals surface area contributed by atoms with Crippen LogP contribution in [0, 0.1) is 22.7 Å². The highest BCUT2D eigenvalue weighted by Gasteiger charge is 2.11. The van der Waals surface area contributed by atoms with Crippen molar-refractivity contribution >= 4 is 28.2 Å². The molecule has 0 atom stereocenters. The van der Waals surface area contributed by atoms with E-state index in [0.29, 0.717) is 21.9 Å². The first-order valence-electron chi connectivity index (χ1n) is 6.68. The van der Waals surface area contributed by atoms with E-state index in [0.717, 1.165) is 0 Å². The summed E-state index contributed by atoms with van der Waals surface area (Å²) >= 11 is 1.20. The van der Waals surface area contributed by atoms with E-state index in [-0.39, 0.29) is 6.61 Å². The summed E-state index contributed by atoms with van der Waals surface area (Å²) in [5.41, 5.74) is 0.829. The lowest BCUT2D eigenvalue weighted by molar-refractivity contribution is -0.149. The molecule has 0 aliphatic heterocycles. The summed E-state index contributed by atoms with van der Waals surface area (Å²) in [6.07, 6.45) is 0. The number of anilines is 1. The van der Waals surface area contributed by atoms with Crippen LogP contribution in [0.5, 0.6) is 5.75 Å². The summed E-state index contributed by atoms with van der Waals surface area (Å²) in [5.74, 6) is -0.838. The number of hydrogen-bond donors (Lipinski definition) is 1. The number of carbonyl (C=O) groups excluding carboxylic acids is 2. The summed E-state index contributed by atoms with van der Waals surface area (Å²) in [6, 6.07) is 11.7. The second-order valence-corrected chi connectivity index (χ2v) is 5.33. The molecular weight excluding hydrogens is 330 g/mol. The van der Waals surface area contributed by atoms with Crippen molar-refractivity contribution in [2.24, 2.45) is 0 Å². The average Bonchev–Trinajstić information content (AvgIpc) is 3.05. The van der Waals surface area contributed by atoms with Gasteiger partial charge in [0.25, 0.3) is 5.91 Å². The van der Waals surface area contributed by atoms with Crippen LogP contribution in [0.3, 0.4) is 0 Å². The number of thiophene rings is 1. The van der Waals surface area contributed by atoms with Gasteiger partial charge in [-0.15, -0.1) is 11.3 Å². The zero-order valence-corrected chi connectivity index (χ0v) is 13.1. The van der Waals surface area contributed by atoms with Gasteiger partial charge >= 0.3 is 5.97 Å². The highest BCUT2D eigenvalue weighted by atomic mass is 32.1. The van der Waals surface area contributed by atoms with Gasteiger partial charge in [-0.3, -0.25) is 4.79 Å². The van der Waals surface area contributed by atoms with Crippen molar-refractivity contribution in [1.29, 1.82) is 10.5 Å². The maximum absolute atomic E-state index is 11.7. The van der Waals surface area contributed by atoms with Gasteiger partial charge in [0.2, 0.25) is 0 Å². The van der Waals surface area contributed by atoms with Crippen LogP contribution in [0.1, 0.15) is 11.1 Å². The molecule has 1 amide bonds. The number of esters is 1. The lowest BCUT2D eigenvalue weighted by atomic mass is 10.2. The molecule has 1 aromatic heterocycles. The molecule has 0 saturated heterocycles. The number of hydrogen-bond acceptors (Lipinski definition) is 7. The molecule has 8 heteroatoms. The Bertz CT molecular complexity index is 815. The first kappa shape index (κ1) is 17.0. The van der Waals surface area contributed by atoms with Crippen LogP contribution >= 0.6 is 11.3 Å². The zero-order valence-electron chi connectivity index (χ0n) is 12.3. The zero-order chi connectivity index (χ0) is 17.4. The fourth-order valence-electron chi connectivity index (χ4n) is 1.61. The van der Waals surface area contributed by atoms with E-state index < -0.39 is 18.5 Å². The third kappa shape index (κ3) is 4.83. The molecule has 120 valence electrons. The Morgan fingerprint density at radius 1 is 1.08 bits per heavy atom. The van der Waals surface area contributed by atoms with Crippen LogP contribution in [-0.2, 0) is 14.3 Å². The van der Waals surface area contributed by atoms with Gasteiger partial charge in [-0.05, 0) is 35.7 Å². The Labute approximate surface area is 141 Å². The number of benzene rings is 1. The molecule has 0 radical (unpaired) electrons. The largest absolute Gasteiger partial charge is 0.482 e. The number of carbonyl (C=O) groups is 2. The summed E-state index contributed by atoms with van der Waals surface area (Å²) in [7, 11) is 0. The second kappa shape index (κ2) is 8.32. The molecule has 7 nitrogen and oxygen atoms in total. The minimum atomic E-state index is -0.707. The fourth-order valence-corrected chi connectivity index (χ4v) is 2.37. The maximum Gasteiger partial charge on any atom is 0.344 e. The minimum absolute atomic E-state index is 0.351. The van der Waals surface area contributed by atoms with Crippen molar-refractivity contribution in [2.75, 3.05) is 18.5 Å². The summed E-state index contributed by atoms with van der Waals surface area (Å²) < 4.78 is 9.97. The predicted octanol–water partition coefficient (Wildman–Crippen LogP) is 2.05. The first-order chi connectivity index (χ1) is 11.6. The highest BCUT2D eigenvalue weighted by Crippen LogP contribution is 2.21. The molecule has 2 rings (SSSR count). The number of amides is 1. The Hall–Kier alpha value is -3.36. The topological polar surface area (TPSA) is 112 Å². The number of nitrogens with one attached hydrogen (secondary N) is 1. The summed E-state index contributed by atoms with van der Waals surface area (Å²) in [5, 5.41) is 22.1. The van der Waals surface area contributed by atoms with Crippen LogP contribution < -0.4 is 10.1 Å². The number of nitrogens with zero attached hydrogens (tertiary/aromatic N) is 2. The van der Waals surface area contributed by atoms with Crippen molar-refractivity contribution in [1.82, 2.24) is 0 Å². The van der Waals surface area contributed by atoms with Crippen molar-refractivity contribution in [3.63, 3.8) is 0 Å². The standard InChI is InChI=1S/C16H11N3O4S/c17-7-11-1-3-13(4-2-11)22-10-15(21)23-9-14(20)19-16-12(8-18)5-6-24-16/h1-6H,9-10H2,(H,19,20).